The molecule has 1 fully saturated rings. The van der Waals surface area contributed by atoms with Crippen molar-refractivity contribution in [1.82, 2.24) is 9.55 Å². The number of nitrogens with zero attached hydrogens (tertiary/aromatic N) is 2. The predicted octanol–water partition coefficient (Wildman–Crippen LogP) is 4.52. The lowest BCUT2D eigenvalue weighted by Crippen LogP contribution is -2.00. The first kappa shape index (κ1) is 12.8. The fraction of sp³-hybridized carbons (Fsp3) is 0.188. The van der Waals surface area contributed by atoms with Gasteiger partial charge in [-0.25, -0.2) is 9.37 Å². The molecule has 4 rings (SSSR count). The standard InChI is InChI=1S/C16H13BrFN3/c17-9-4-7-11(13(19)8-9)16-20-15-12(18)2-1-3-14(15)21(16)10-5-6-10/h1-4,7-8,10H,5-6,19H2. The number of hydrogen-bond donors (Lipinski definition) is 1. The number of anilines is 1. The van der Waals surface area contributed by atoms with Crippen LogP contribution in [0.2, 0.25) is 0 Å². The second-order valence-corrected chi connectivity index (χ2v) is 6.29. The zero-order valence-corrected chi connectivity index (χ0v) is 12.8. The number of hydrogen-bond acceptors (Lipinski definition) is 2. The minimum atomic E-state index is -0.288. The van der Waals surface area contributed by atoms with E-state index in [2.05, 4.69) is 25.5 Å². The number of nitrogens with two attached hydrogens (primary N) is 1. The molecular weight excluding hydrogens is 333 g/mol. The van der Waals surface area contributed by atoms with E-state index in [1.54, 1.807) is 6.07 Å². The number of rotatable bonds is 2. The number of fused-ring (bicyclic) bond motifs is 1. The lowest BCUT2D eigenvalue weighted by atomic mass is 10.1. The largest absolute Gasteiger partial charge is 0.398 e. The summed E-state index contributed by atoms with van der Waals surface area (Å²) in [7, 11) is 0. The number of imidazole rings is 1. The van der Waals surface area contributed by atoms with Crippen LogP contribution in [0.15, 0.2) is 40.9 Å². The van der Waals surface area contributed by atoms with Gasteiger partial charge in [-0.3, -0.25) is 0 Å². The molecule has 0 atom stereocenters. The first-order valence-corrected chi connectivity index (χ1v) is 7.66. The van der Waals surface area contributed by atoms with Crippen molar-refractivity contribution < 1.29 is 4.39 Å². The van der Waals surface area contributed by atoms with Crippen LogP contribution in [0.25, 0.3) is 22.4 Å². The highest BCUT2D eigenvalue weighted by Gasteiger charge is 2.29. The summed E-state index contributed by atoms with van der Waals surface area (Å²) in [6, 6.07) is 11.2. The van der Waals surface area contributed by atoms with Crippen LogP contribution in [-0.2, 0) is 0 Å². The van der Waals surface area contributed by atoms with Gasteiger partial charge in [0, 0.05) is 21.8 Å². The monoisotopic (exact) mass is 345 g/mol. The molecule has 1 aliphatic carbocycles. The minimum Gasteiger partial charge on any atom is -0.398 e. The van der Waals surface area contributed by atoms with Gasteiger partial charge in [0.15, 0.2) is 5.82 Å². The average molecular weight is 346 g/mol. The van der Waals surface area contributed by atoms with Gasteiger partial charge in [-0.15, -0.1) is 0 Å². The van der Waals surface area contributed by atoms with Crippen molar-refractivity contribution >= 4 is 32.7 Å². The van der Waals surface area contributed by atoms with E-state index in [9.17, 15) is 4.39 Å². The Morgan fingerprint density at radius 1 is 1.24 bits per heavy atom. The van der Waals surface area contributed by atoms with Gasteiger partial charge in [0.25, 0.3) is 0 Å². The molecule has 3 aromatic rings. The van der Waals surface area contributed by atoms with E-state index < -0.39 is 0 Å². The SMILES string of the molecule is Nc1cc(Br)ccc1-c1nc2c(F)cccc2n1C1CC1. The third-order valence-corrected chi connectivity index (χ3v) is 4.33. The Morgan fingerprint density at radius 2 is 2.05 bits per heavy atom. The van der Waals surface area contributed by atoms with Gasteiger partial charge in [-0.1, -0.05) is 22.0 Å². The van der Waals surface area contributed by atoms with Gasteiger partial charge in [0.2, 0.25) is 0 Å². The van der Waals surface area contributed by atoms with Crippen LogP contribution in [0.4, 0.5) is 10.1 Å². The summed E-state index contributed by atoms with van der Waals surface area (Å²) in [5.41, 5.74) is 8.87. The summed E-state index contributed by atoms with van der Waals surface area (Å²) >= 11 is 3.41. The molecule has 2 aromatic carbocycles. The van der Waals surface area contributed by atoms with Crippen molar-refractivity contribution in [3.63, 3.8) is 0 Å². The maximum Gasteiger partial charge on any atom is 0.151 e. The molecule has 5 heteroatoms. The van der Waals surface area contributed by atoms with E-state index in [4.69, 9.17) is 5.73 Å². The molecule has 0 saturated heterocycles. The van der Waals surface area contributed by atoms with Gasteiger partial charge in [-0.2, -0.15) is 0 Å². The molecule has 0 amide bonds. The zero-order chi connectivity index (χ0) is 14.6. The molecule has 0 unspecified atom stereocenters. The van der Waals surface area contributed by atoms with Crippen molar-refractivity contribution in [1.29, 1.82) is 0 Å². The Balaban J connectivity index is 2.03. The Hall–Kier alpha value is -1.88. The number of benzene rings is 2. The molecule has 1 saturated carbocycles. The highest BCUT2D eigenvalue weighted by atomic mass is 79.9. The van der Waals surface area contributed by atoms with E-state index in [-0.39, 0.29) is 5.82 Å². The number of aromatic nitrogens is 2. The van der Waals surface area contributed by atoms with Crippen molar-refractivity contribution in [2.75, 3.05) is 5.73 Å². The molecule has 106 valence electrons. The fourth-order valence-electron chi connectivity index (χ4n) is 2.71. The third-order valence-electron chi connectivity index (χ3n) is 3.84. The molecule has 1 aliphatic rings. The van der Waals surface area contributed by atoms with Crippen LogP contribution >= 0.6 is 15.9 Å². The van der Waals surface area contributed by atoms with Gasteiger partial charge in [0.1, 0.15) is 11.3 Å². The van der Waals surface area contributed by atoms with Crippen LogP contribution in [0.5, 0.6) is 0 Å². The molecule has 0 spiro atoms. The van der Waals surface area contributed by atoms with Crippen LogP contribution in [0.3, 0.4) is 0 Å². The maximum absolute atomic E-state index is 14.0. The Bertz CT molecular complexity index is 852. The second kappa shape index (κ2) is 4.56. The molecule has 0 aliphatic heterocycles. The quantitative estimate of drug-likeness (QED) is 0.693. The van der Waals surface area contributed by atoms with Crippen LogP contribution in [-0.4, -0.2) is 9.55 Å². The van der Waals surface area contributed by atoms with E-state index in [0.29, 0.717) is 17.2 Å². The van der Waals surface area contributed by atoms with Gasteiger partial charge >= 0.3 is 0 Å². The minimum absolute atomic E-state index is 0.288. The van der Waals surface area contributed by atoms with Crippen LogP contribution in [0.1, 0.15) is 18.9 Å². The lowest BCUT2D eigenvalue weighted by molar-refractivity contribution is 0.637. The van der Waals surface area contributed by atoms with E-state index in [0.717, 1.165) is 34.2 Å². The summed E-state index contributed by atoms with van der Waals surface area (Å²) in [6.07, 6.45) is 2.21. The van der Waals surface area contributed by atoms with Crippen LogP contribution < -0.4 is 5.73 Å². The molecule has 0 radical (unpaired) electrons. The Kier molecular flexibility index (Phi) is 2.79. The third kappa shape index (κ3) is 2.03. The smallest absolute Gasteiger partial charge is 0.151 e. The van der Waals surface area contributed by atoms with Gasteiger partial charge in [-0.05, 0) is 43.2 Å². The van der Waals surface area contributed by atoms with Gasteiger partial charge in [0.05, 0.1) is 5.52 Å². The number of nitrogen functional groups attached to an aromatic ring is 1. The summed E-state index contributed by atoms with van der Waals surface area (Å²) in [5.74, 6) is 0.464. The van der Waals surface area contributed by atoms with Crippen molar-refractivity contribution in [2.24, 2.45) is 0 Å². The Labute approximate surface area is 129 Å². The first-order chi connectivity index (χ1) is 10.1. The topological polar surface area (TPSA) is 43.8 Å². The van der Waals surface area contributed by atoms with Crippen molar-refractivity contribution in [3.05, 3.63) is 46.7 Å². The summed E-state index contributed by atoms with van der Waals surface area (Å²) in [6.45, 7) is 0. The average Bonchev–Trinajstić information content (AvgIpc) is 3.20. The fourth-order valence-corrected chi connectivity index (χ4v) is 3.09. The highest BCUT2D eigenvalue weighted by Crippen LogP contribution is 2.42. The normalized spacial score (nSPS) is 14.8. The van der Waals surface area contributed by atoms with E-state index in [1.807, 2.05) is 24.3 Å². The van der Waals surface area contributed by atoms with Crippen molar-refractivity contribution in [3.8, 4) is 11.4 Å². The number of halogens is 2. The molecule has 3 nitrogen and oxygen atoms in total. The molecular formula is C16H13BrFN3. The summed E-state index contributed by atoms with van der Waals surface area (Å²) in [4.78, 5) is 4.53. The first-order valence-electron chi connectivity index (χ1n) is 6.87. The molecule has 2 N–H and O–H groups in total. The summed E-state index contributed by atoms with van der Waals surface area (Å²) < 4.78 is 17.1. The zero-order valence-electron chi connectivity index (χ0n) is 11.2. The highest BCUT2D eigenvalue weighted by molar-refractivity contribution is 9.10. The second-order valence-electron chi connectivity index (χ2n) is 5.38. The molecule has 0 bridgehead atoms. The predicted molar refractivity (Wildman–Crippen MR) is 85.5 cm³/mol. The lowest BCUT2D eigenvalue weighted by Gasteiger charge is -2.10. The van der Waals surface area contributed by atoms with Gasteiger partial charge < -0.3 is 10.3 Å². The maximum atomic E-state index is 14.0. The molecule has 1 aromatic heterocycles. The number of para-hydroxylation sites is 1. The molecule has 21 heavy (non-hydrogen) atoms. The van der Waals surface area contributed by atoms with E-state index in [1.165, 1.54) is 6.07 Å². The summed E-state index contributed by atoms with van der Waals surface area (Å²) in [5, 5.41) is 0. The van der Waals surface area contributed by atoms with E-state index >= 15 is 0 Å². The Morgan fingerprint density at radius 3 is 2.76 bits per heavy atom. The molecule has 1 heterocycles. The van der Waals surface area contributed by atoms with Crippen LogP contribution in [0, 0.1) is 5.82 Å². The van der Waals surface area contributed by atoms with Crippen molar-refractivity contribution in [2.45, 2.75) is 18.9 Å².